The quantitative estimate of drug-likeness (QED) is 0.473. The predicted octanol–water partition coefficient (Wildman–Crippen LogP) is 2.07. The van der Waals surface area contributed by atoms with Gasteiger partial charge in [0.25, 0.3) is 0 Å². The molecule has 0 atom stereocenters. The summed E-state index contributed by atoms with van der Waals surface area (Å²) in [5.41, 5.74) is 0. The van der Waals surface area contributed by atoms with Gasteiger partial charge < -0.3 is 5.41 Å². The maximum atomic E-state index is 6.33. The fourth-order valence-corrected chi connectivity index (χ4v) is 0. The Labute approximate surface area is 39.9 Å². The van der Waals surface area contributed by atoms with Gasteiger partial charge in [-0.15, -0.1) is 0 Å². The van der Waals surface area contributed by atoms with Crippen molar-refractivity contribution in [3.63, 3.8) is 0 Å². The van der Waals surface area contributed by atoms with Gasteiger partial charge in [0, 0.05) is 0 Å². The number of nitrogens with one attached hydrogen (secondary N) is 1. The molecule has 0 saturated carbocycles. The predicted molar refractivity (Wildman–Crippen MR) is 30.4 cm³/mol. The van der Waals surface area contributed by atoms with Crippen molar-refractivity contribution in [1.29, 1.82) is 5.41 Å². The SMILES string of the molecule is CC.CCC=N. The van der Waals surface area contributed by atoms with E-state index in [2.05, 4.69) is 0 Å². The van der Waals surface area contributed by atoms with Gasteiger partial charge in [-0.05, 0) is 12.6 Å². The number of hydrogen-bond donors (Lipinski definition) is 1. The molecule has 0 spiro atoms. The molecule has 0 bridgehead atoms. The zero-order valence-corrected chi connectivity index (χ0v) is 4.78. The third-order valence-electron chi connectivity index (χ3n) is 0.204. The number of rotatable bonds is 1. The highest BCUT2D eigenvalue weighted by molar-refractivity contribution is 5.51. The summed E-state index contributed by atoms with van der Waals surface area (Å²) in [4.78, 5) is 0. The lowest BCUT2D eigenvalue weighted by molar-refractivity contribution is 1.30. The number of hydrogen-bond acceptors (Lipinski definition) is 1. The van der Waals surface area contributed by atoms with Gasteiger partial charge in [-0.25, -0.2) is 0 Å². The zero-order valence-electron chi connectivity index (χ0n) is 4.78. The molecule has 0 aliphatic heterocycles. The molecule has 0 heterocycles. The molecule has 0 aromatic heterocycles. The van der Waals surface area contributed by atoms with E-state index in [-0.39, 0.29) is 0 Å². The second kappa shape index (κ2) is 22.6. The van der Waals surface area contributed by atoms with Gasteiger partial charge in [0.2, 0.25) is 0 Å². The van der Waals surface area contributed by atoms with E-state index in [0.29, 0.717) is 0 Å². The van der Waals surface area contributed by atoms with Crippen LogP contribution in [0, 0.1) is 5.41 Å². The van der Waals surface area contributed by atoms with Crippen LogP contribution >= 0.6 is 0 Å². The first-order valence-corrected chi connectivity index (χ1v) is 2.40. The van der Waals surface area contributed by atoms with Gasteiger partial charge in [-0.3, -0.25) is 0 Å². The highest BCUT2D eigenvalue weighted by Gasteiger charge is 1.47. The Morgan fingerprint density at radius 2 is 1.67 bits per heavy atom. The van der Waals surface area contributed by atoms with Crippen LogP contribution in [0.15, 0.2) is 0 Å². The highest BCUT2D eigenvalue weighted by Crippen LogP contribution is 1.54. The van der Waals surface area contributed by atoms with Crippen molar-refractivity contribution in [3.8, 4) is 0 Å². The van der Waals surface area contributed by atoms with Gasteiger partial charge >= 0.3 is 0 Å². The molecule has 0 radical (unpaired) electrons. The zero-order chi connectivity index (χ0) is 5.41. The van der Waals surface area contributed by atoms with Crippen LogP contribution < -0.4 is 0 Å². The summed E-state index contributed by atoms with van der Waals surface area (Å²) in [6, 6.07) is 0. The maximum absolute atomic E-state index is 6.33. The molecule has 0 rings (SSSR count). The van der Waals surface area contributed by atoms with Crippen LogP contribution in [0.1, 0.15) is 27.2 Å². The Bertz CT molecular complexity index is 17.9. The normalized spacial score (nSPS) is 5.17. The Hall–Kier alpha value is -0.330. The molecule has 0 unspecified atom stereocenters. The van der Waals surface area contributed by atoms with Gasteiger partial charge in [-0.2, -0.15) is 0 Å². The second-order valence-corrected chi connectivity index (χ2v) is 0.612. The van der Waals surface area contributed by atoms with E-state index in [9.17, 15) is 0 Å². The molecule has 1 heteroatoms. The molecule has 1 N–H and O–H groups in total. The second-order valence-electron chi connectivity index (χ2n) is 0.612. The molecule has 1 nitrogen and oxygen atoms in total. The summed E-state index contributed by atoms with van der Waals surface area (Å²) in [5.74, 6) is 0. The molecule has 0 saturated heterocycles. The van der Waals surface area contributed by atoms with Crippen LogP contribution in [0.2, 0.25) is 0 Å². The minimum Gasteiger partial charge on any atom is -0.313 e. The van der Waals surface area contributed by atoms with Gasteiger partial charge in [0.05, 0.1) is 0 Å². The summed E-state index contributed by atoms with van der Waals surface area (Å²) in [5, 5.41) is 6.33. The van der Waals surface area contributed by atoms with E-state index < -0.39 is 0 Å². The fraction of sp³-hybridized carbons (Fsp3) is 0.800. The fourth-order valence-electron chi connectivity index (χ4n) is 0. The molecule has 0 amide bonds. The molecule has 38 valence electrons. The van der Waals surface area contributed by atoms with Gasteiger partial charge in [0.1, 0.15) is 0 Å². The highest BCUT2D eigenvalue weighted by atomic mass is 14.3. The summed E-state index contributed by atoms with van der Waals surface area (Å²) < 4.78 is 0. The van der Waals surface area contributed by atoms with Crippen LogP contribution in [-0.2, 0) is 0 Å². The first-order chi connectivity index (χ1) is 2.91. The van der Waals surface area contributed by atoms with Crippen molar-refractivity contribution in [2.24, 2.45) is 0 Å². The largest absolute Gasteiger partial charge is 0.313 e. The monoisotopic (exact) mass is 87.1 g/mol. The molecule has 0 aliphatic carbocycles. The van der Waals surface area contributed by atoms with E-state index in [0.717, 1.165) is 6.42 Å². The standard InChI is InChI=1S/C3H7N.C2H6/c1-2-3-4;1-2/h3-4H,2H2,1H3;1-2H3. The van der Waals surface area contributed by atoms with Crippen LogP contribution in [-0.4, -0.2) is 6.21 Å². The molecule has 0 fully saturated rings. The lowest BCUT2D eigenvalue weighted by atomic mass is 10.6. The van der Waals surface area contributed by atoms with Crippen LogP contribution in [0.5, 0.6) is 0 Å². The molecule has 0 aromatic carbocycles. The first-order valence-electron chi connectivity index (χ1n) is 2.40. The van der Waals surface area contributed by atoms with E-state index in [4.69, 9.17) is 5.41 Å². The topological polar surface area (TPSA) is 23.9 Å². The van der Waals surface area contributed by atoms with Crippen LogP contribution in [0.4, 0.5) is 0 Å². The smallest absolute Gasteiger partial charge is 0.00505 e. The van der Waals surface area contributed by atoms with Crippen molar-refractivity contribution in [2.75, 3.05) is 0 Å². The Morgan fingerprint density at radius 3 is 1.67 bits per heavy atom. The molecule has 0 aliphatic rings. The van der Waals surface area contributed by atoms with Crippen LogP contribution in [0.25, 0.3) is 0 Å². The lowest BCUT2D eigenvalue weighted by Crippen LogP contribution is -1.52. The molecule has 6 heavy (non-hydrogen) atoms. The minimum absolute atomic E-state index is 0.861. The van der Waals surface area contributed by atoms with Crippen molar-refractivity contribution in [3.05, 3.63) is 0 Å². The van der Waals surface area contributed by atoms with E-state index in [1.807, 2.05) is 20.8 Å². The summed E-state index contributed by atoms with van der Waals surface area (Å²) in [7, 11) is 0. The Morgan fingerprint density at radius 1 is 1.50 bits per heavy atom. The minimum atomic E-state index is 0.861. The molecular weight excluding hydrogens is 74.1 g/mol. The van der Waals surface area contributed by atoms with E-state index in [1.54, 1.807) is 0 Å². The third-order valence-corrected chi connectivity index (χ3v) is 0.204. The van der Waals surface area contributed by atoms with Crippen LogP contribution in [0.3, 0.4) is 0 Å². The summed E-state index contributed by atoms with van der Waals surface area (Å²) >= 11 is 0. The first kappa shape index (κ1) is 9.18. The van der Waals surface area contributed by atoms with Crippen molar-refractivity contribution >= 4 is 6.21 Å². The third kappa shape index (κ3) is 58.3. The molecular formula is C5H13N. The lowest BCUT2D eigenvalue weighted by Gasteiger charge is -1.56. The maximum Gasteiger partial charge on any atom is -0.00505 e. The van der Waals surface area contributed by atoms with Gasteiger partial charge in [0.15, 0.2) is 0 Å². The summed E-state index contributed by atoms with van der Waals surface area (Å²) in [6.45, 7) is 5.94. The Balaban J connectivity index is 0. The average Bonchev–Trinajstić information content (AvgIpc) is 1.72. The summed E-state index contributed by atoms with van der Waals surface area (Å²) in [6.07, 6.45) is 2.24. The van der Waals surface area contributed by atoms with Gasteiger partial charge in [-0.1, -0.05) is 20.8 Å². The van der Waals surface area contributed by atoms with Crippen molar-refractivity contribution < 1.29 is 0 Å². The average molecular weight is 87.2 g/mol. The van der Waals surface area contributed by atoms with E-state index >= 15 is 0 Å². The molecule has 0 aromatic rings. The van der Waals surface area contributed by atoms with Crippen molar-refractivity contribution in [2.45, 2.75) is 27.2 Å². The Kier molecular flexibility index (Phi) is 34.5. The van der Waals surface area contributed by atoms with E-state index in [1.165, 1.54) is 6.21 Å². The van der Waals surface area contributed by atoms with Crippen molar-refractivity contribution in [1.82, 2.24) is 0 Å².